The van der Waals surface area contributed by atoms with Crippen LogP contribution in [0.3, 0.4) is 0 Å². The van der Waals surface area contributed by atoms with Crippen molar-refractivity contribution < 1.29 is 28.7 Å². The van der Waals surface area contributed by atoms with Gasteiger partial charge in [0.05, 0.1) is 34.9 Å². The van der Waals surface area contributed by atoms with Crippen molar-refractivity contribution in [2.75, 3.05) is 45.9 Å². The van der Waals surface area contributed by atoms with Crippen molar-refractivity contribution in [2.45, 2.75) is 129 Å². The number of aromatic nitrogens is 6. The van der Waals surface area contributed by atoms with Crippen LogP contribution in [0.1, 0.15) is 123 Å². The number of amides is 4. The van der Waals surface area contributed by atoms with Crippen LogP contribution in [0.2, 0.25) is 25.7 Å². The number of ether oxygens (including phenoxy) is 2. The third-order valence-electron chi connectivity index (χ3n) is 11.9. The second-order valence-corrected chi connectivity index (χ2v) is 25.5. The fourth-order valence-corrected chi connectivity index (χ4v) is 8.76. The van der Waals surface area contributed by atoms with Crippen molar-refractivity contribution >= 4 is 54.2 Å². The molecule has 4 amide bonds. The maximum absolute atomic E-state index is 13.3. The predicted octanol–water partition coefficient (Wildman–Crippen LogP) is 6.82. The summed E-state index contributed by atoms with van der Waals surface area (Å²) in [6.07, 6.45) is 15.3. The van der Waals surface area contributed by atoms with E-state index in [0.29, 0.717) is 90.7 Å². The van der Waals surface area contributed by atoms with Gasteiger partial charge in [0.25, 0.3) is 11.8 Å². The molecule has 0 aromatic carbocycles. The zero-order chi connectivity index (χ0) is 44.2. The van der Waals surface area contributed by atoms with Crippen LogP contribution >= 0.6 is 0 Å². The summed E-state index contributed by atoms with van der Waals surface area (Å²) in [5.41, 5.74) is 5.09. The van der Waals surface area contributed by atoms with Crippen molar-refractivity contribution in [3.63, 3.8) is 0 Å². The Balaban J connectivity index is 0.000000200. The molecule has 2 aliphatic heterocycles. The first-order valence-corrected chi connectivity index (χ1v) is 26.3. The van der Waals surface area contributed by atoms with E-state index in [2.05, 4.69) is 50.2 Å². The van der Waals surface area contributed by atoms with E-state index >= 15 is 0 Å². The summed E-state index contributed by atoms with van der Waals surface area (Å²) in [6.45, 7) is 19.1. The van der Waals surface area contributed by atoms with Crippen LogP contribution < -0.4 is 10.6 Å². The standard InChI is InChI=1S/C27H43N5O4Si.C18H23N5O2/c1-27(2,3)36-26(34)31-11-7-8-19(16-31)14-29-25(33)21-17-32(18-35-12-13-37(4,5)6)24-23(21)30-22(15-28-24)20-9-10-20;1-11(24)23-6-2-3-12(10-23)7-21-18(25)14-8-19-17-16(14)22-15(9-20-17)13-4-5-13/h15,17,19-20H,7-14,16,18H2,1-6H3,(H,29,33);8-9,12-13H,2-7,10H2,1H3,(H,19,20)(H,21,25). The summed E-state index contributed by atoms with van der Waals surface area (Å²) in [4.78, 5) is 75.2. The number of carbonyl (C=O) groups is 4. The smallest absolute Gasteiger partial charge is 0.410 e. The number of fused-ring (bicyclic) bond motifs is 2. The van der Waals surface area contributed by atoms with E-state index in [0.717, 1.165) is 81.9 Å². The molecule has 62 heavy (non-hydrogen) atoms. The zero-order valence-electron chi connectivity index (χ0n) is 37.7. The van der Waals surface area contributed by atoms with Crippen LogP contribution in [0, 0.1) is 11.8 Å². The first kappa shape index (κ1) is 45.1. The third kappa shape index (κ3) is 12.2. The van der Waals surface area contributed by atoms with Crippen molar-refractivity contribution in [3.05, 3.63) is 47.3 Å². The molecule has 4 aromatic rings. The Hall–Kier alpha value is -4.90. The van der Waals surface area contributed by atoms with Crippen molar-refractivity contribution in [2.24, 2.45) is 11.8 Å². The number of rotatable bonds is 13. The SMILES string of the molecule is CC(=O)N1CCCC(CNC(=O)c2c[nH]c3ncc(C4CC4)nc23)C1.CC(C)(C)OC(=O)N1CCCC(CNC(=O)c2cn(COCC[Si](C)(C)C)c3ncc(C4CC4)nc23)C1. The summed E-state index contributed by atoms with van der Waals surface area (Å²) < 4.78 is 13.4. The van der Waals surface area contributed by atoms with Gasteiger partial charge in [-0.15, -0.1) is 0 Å². The Morgan fingerprint density at radius 3 is 1.98 bits per heavy atom. The summed E-state index contributed by atoms with van der Waals surface area (Å²) in [7, 11) is -1.19. The average Bonchev–Trinajstić information content (AvgIpc) is 4.18. The minimum absolute atomic E-state index is 0.107. The predicted molar refractivity (Wildman–Crippen MR) is 240 cm³/mol. The number of likely N-dealkylation sites (tertiary alicyclic amines) is 2. The highest BCUT2D eigenvalue weighted by atomic mass is 28.3. The van der Waals surface area contributed by atoms with E-state index in [4.69, 9.17) is 14.5 Å². The first-order valence-electron chi connectivity index (χ1n) is 22.6. The van der Waals surface area contributed by atoms with Gasteiger partial charge in [-0.2, -0.15) is 0 Å². The van der Waals surface area contributed by atoms with E-state index < -0.39 is 13.7 Å². The van der Waals surface area contributed by atoms with Crippen molar-refractivity contribution in [1.82, 2.24) is 49.9 Å². The van der Waals surface area contributed by atoms with E-state index in [-0.39, 0.29) is 29.7 Å². The van der Waals surface area contributed by atoms with Crippen LogP contribution in [0.4, 0.5) is 4.79 Å². The van der Waals surface area contributed by atoms with Crippen molar-refractivity contribution in [3.8, 4) is 0 Å². The summed E-state index contributed by atoms with van der Waals surface area (Å²) in [5, 5.41) is 6.11. The minimum atomic E-state index is -1.19. The van der Waals surface area contributed by atoms with Crippen LogP contribution in [-0.4, -0.2) is 123 Å². The quantitative estimate of drug-likeness (QED) is 0.0950. The van der Waals surface area contributed by atoms with Gasteiger partial charge in [-0.1, -0.05) is 19.6 Å². The van der Waals surface area contributed by atoms with Crippen LogP contribution in [0.25, 0.3) is 22.3 Å². The highest BCUT2D eigenvalue weighted by Gasteiger charge is 2.31. The van der Waals surface area contributed by atoms with E-state index in [1.165, 1.54) is 0 Å². The number of H-pyrrole nitrogens is 1. The molecule has 16 nitrogen and oxygen atoms in total. The molecule has 2 unspecified atom stereocenters. The Morgan fingerprint density at radius 2 is 1.39 bits per heavy atom. The van der Waals surface area contributed by atoms with E-state index in [1.807, 2.05) is 42.6 Å². The fraction of sp³-hybridized carbons (Fsp3) is 0.644. The van der Waals surface area contributed by atoms with Gasteiger partial charge in [-0.3, -0.25) is 14.4 Å². The average molecular weight is 871 g/mol. The number of hydrogen-bond donors (Lipinski definition) is 3. The molecule has 4 aliphatic rings. The Morgan fingerprint density at radius 1 is 0.806 bits per heavy atom. The summed E-state index contributed by atoms with van der Waals surface area (Å²) >= 11 is 0. The van der Waals surface area contributed by atoms with Crippen molar-refractivity contribution in [1.29, 1.82) is 0 Å². The highest BCUT2D eigenvalue weighted by molar-refractivity contribution is 6.76. The first-order chi connectivity index (χ1) is 29.5. The Labute approximate surface area is 365 Å². The molecule has 2 atom stereocenters. The third-order valence-corrected chi connectivity index (χ3v) is 13.6. The lowest BCUT2D eigenvalue weighted by Crippen LogP contribution is -2.45. The van der Waals surface area contributed by atoms with Crippen LogP contribution in [0.5, 0.6) is 0 Å². The fourth-order valence-electron chi connectivity index (χ4n) is 8.01. The number of piperidine rings is 2. The number of nitrogens with zero attached hydrogens (tertiary/aromatic N) is 7. The molecule has 4 aromatic heterocycles. The molecular formula is C45H66N10O6Si. The second kappa shape index (κ2) is 19.2. The molecule has 8 rings (SSSR count). The lowest BCUT2D eigenvalue weighted by Gasteiger charge is -2.34. The number of nitrogens with one attached hydrogen (secondary N) is 3. The zero-order valence-corrected chi connectivity index (χ0v) is 38.7. The maximum Gasteiger partial charge on any atom is 0.410 e. The highest BCUT2D eigenvalue weighted by Crippen LogP contribution is 2.40. The largest absolute Gasteiger partial charge is 0.444 e. The molecule has 4 fully saturated rings. The molecule has 2 saturated carbocycles. The van der Waals surface area contributed by atoms with Gasteiger partial charge in [0.2, 0.25) is 5.91 Å². The van der Waals surface area contributed by atoms with Gasteiger partial charge in [-0.25, -0.2) is 24.7 Å². The molecule has 17 heteroatoms. The molecule has 2 aliphatic carbocycles. The van der Waals surface area contributed by atoms with E-state index in [9.17, 15) is 19.2 Å². The van der Waals surface area contributed by atoms with Gasteiger partial charge < -0.3 is 39.5 Å². The molecule has 336 valence electrons. The number of hydrogen-bond acceptors (Lipinski definition) is 10. The van der Waals surface area contributed by atoms with Gasteiger partial charge in [0.1, 0.15) is 23.4 Å². The minimum Gasteiger partial charge on any atom is -0.444 e. The molecule has 2 saturated heterocycles. The van der Waals surface area contributed by atoms with Crippen LogP contribution in [0.15, 0.2) is 24.8 Å². The van der Waals surface area contributed by atoms with Gasteiger partial charge >= 0.3 is 6.09 Å². The molecule has 0 radical (unpaired) electrons. The summed E-state index contributed by atoms with van der Waals surface area (Å²) in [6, 6.07) is 1.08. The second-order valence-electron chi connectivity index (χ2n) is 19.9. The van der Waals surface area contributed by atoms with Crippen LogP contribution in [-0.2, 0) is 21.0 Å². The van der Waals surface area contributed by atoms with Gasteiger partial charge in [-0.05, 0) is 90.0 Å². The van der Waals surface area contributed by atoms with Gasteiger partial charge in [0.15, 0.2) is 11.3 Å². The summed E-state index contributed by atoms with van der Waals surface area (Å²) in [5.74, 6) is 1.25. The van der Waals surface area contributed by atoms with E-state index in [1.54, 1.807) is 24.2 Å². The maximum atomic E-state index is 13.3. The lowest BCUT2D eigenvalue weighted by atomic mass is 9.98. The lowest BCUT2D eigenvalue weighted by molar-refractivity contribution is -0.130. The molecule has 0 spiro atoms. The molecule has 3 N–H and O–H groups in total. The Bertz CT molecular complexity index is 2240. The molecule has 0 bridgehead atoms. The molecular weight excluding hydrogens is 805 g/mol. The number of aromatic amines is 1. The monoisotopic (exact) mass is 870 g/mol. The van der Waals surface area contributed by atoms with Gasteiger partial charge in [0, 0.05) is 85.1 Å². The molecule has 6 heterocycles. The Kier molecular flexibility index (Phi) is 14.0. The normalized spacial score (nSPS) is 19.5. The number of carbonyl (C=O) groups excluding carboxylic acids is 4. The topological polar surface area (TPSA) is 190 Å².